The third-order valence-electron chi connectivity index (χ3n) is 3.79. The topological polar surface area (TPSA) is 57.7 Å². The fraction of sp³-hybridized carbons (Fsp3) is 0.538. The highest BCUT2D eigenvalue weighted by Gasteiger charge is 2.52. The Kier molecular flexibility index (Phi) is 3.84. The number of ether oxygens (including phenoxy) is 1. The van der Waals surface area contributed by atoms with E-state index < -0.39 is 24.3 Å². The van der Waals surface area contributed by atoms with Crippen molar-refractivity contribution in [3.8, 4) is 0 Å². The van der Waals surface area contributed by atoms with E-state index in [9.17, 15) is 4.79 Å². The zero-order valence-corrected chi connectivity index (χ0v) is 12.9. The van der Waals surface area contributed by atoms with Crippen LogP contribution < -0.4 is 5.46 Å². The predicted molar refractivity (Wildman–Crippen MR) is 76.3 cm³/mol. The molecule has 1 saturated heterocycles. The summed E-state index contributed by atoms with van der Waals surface area (Å²) in [4.78, 5) is 15.6. The van der Waals surface area contributed by atoms with Gasteiger partial charge in [0.25, 0.3) is 0 Å². The normalized spacial score (nSPS) is 20.0. The van der Waals surface area contributed by atoms with Crippen molar-refractivity contribution < 1.29 is 18.8 Å². The Morgan fingerprint density at radius 3 is 2.35 bits per heavy atom. The van der Waals surface area contributed by atoms with E-state index in [4.69, 9.17) is 20.9 Å². The van der Waals surface area contributed by atoms with Gasteiger partial charge in [-0.05, 0) is 33.8 Å². The van der Waals surface area contributed by atoms with Crippen molar-refractivity contribution in [3.05, 3.63) is 23.0 Å². The Morgan fingerprint density at radius 2 is 1.85 bits per heavy atom. The summed E-state index contributed by atoms with van der Waals surface area (Å²) in [6, 6.07) is 1.59. The van der Waals surface area contributed by atoms with Crippen molar-refractivity contribution in [3.63, 3.8) is 0 Å². The molecule has 1 aliphatic rings. The van der Waals surface area contributed by atoms with Crippen LogP contribution in [0.5, 0.6) is 0 Å². The summed E-state index contributed by atoms with van der Waals surface area (Å²) in [6.07, 6.45) is 1.36. The summed E-state index contributed by atoms with van der Waals surface area (Å²) < 4.78 is 16.5. The highest BCUT2D eigenvalue weighted by molar-refractivity contribution is 6.65. The Morgan fingerprint density at radius 1 is 1.30 bits per heavy atom. The Balaban J connectivity index is 2.37. The van der Waals surface area contributed by atoms with Gasteiger partial charge in [0, 0.05) is 11.7 Å². The average molecular weight is 298 g/mol. The molecule has 1 aromatic heterocycles. The van der Waals surface area contributed by atoms with Gasteiger partial charge in [0.05, 0.1) is 23.9 Å². The van der Waals surface area contributed by atoms with Crippen LogP contribution >= 0.6 is 11.6 Å². The lowest BCUT2D eigenvalue weighted by atomic mass is 9.79. The van der Waals surface area contributed by atoms with E-state index in [1.165, 1.54) is 13.3 Å². The van der Waals surface area contributed by atoms with Gasteiger partial charge in [-0.1, -0.05) is 11.6 Å². The van der Waals surface area contributed by atoms with E-state index in [1.807, 2.05) is 27.7 Å². The van der Waals surface area contributed by atoms with Crippen molar-refractivity contribution >= 4 is 30.2 Å². The summed E-state index contributed by atoms with van der Waals surface area (Å²) in [5.74, 6) is -0.480. The third kappa shape index (κ3) is 2.55. The maximum Gasteiger partial charge on any atom is 0.498 e. The lowest BCUT2D eigenvalue weighted by Crippen LogP contribution is -2.41. The lowest BCUT2D eigenvalue weighted by molar-refractivity contribution is 0.00578. The summed E-state index contributed by atoms with van der Waals surface area (Å²) in [5.41, 5.74) is -0.139. The standard InChI is InChI=1S/C13H17BClNO4/c1-12(2)13(3,4)20-14(19-12)9-6-8(11(17)18-5)7-16-10(9)15/h6-7H,1-5H3. The van der Waals surface area contributed by atoms with Crippen molar-refractivity contribution in [2.45, 2.75) is 38.9 Å². The summed E-state index contributed by atoms with van der Waals surface area (Å²) in [7, 11) is 0.649. The van der Waals surface area contributed by atoms with Gasteiger partial charge in [-0.2, -0.15) is 0 Å². The highest BCUT2D eigenvalue weighted by atomic mass is 35.5. The van der Waals surface area contributed by atoms with Crippen LogP contribution in [-0.4, -0.2) is 36.4 Å². The minimum absolute atomic E-state index is 0.246. The lowest BCUT2D eigenvalue weighted by Gasteiger charge is -2.32. The molecule has 2 heterocycles. The number of halogens is 1. The largest absolute Gasteiger partial charge is 0.498 e. The van der Waals surface area contributed by atoms with Gasteiger partial charge in [0.15, 0.2) is 0 Å². The fourth-order valence-corrected chi connectivity index (χ4v) is 2.02. The molecule has 0 bridgehead atoms. The number of carbonyl (C=O) groups excluding carboxylic acids is 1. The zero-order chi connectivity index (χ0) is 15.1. The van der Waals surface area contributed by atoms with Gasteiger partial charge >= 0.3 is 13.1 Å². The maximum atomic E-state index is 11.6. The number of hydrogen-bond donors (Lipinski definition) is 0. The Bertz CT molecular complexity index is 531. The van der Waals surface area contributed by atoms with Crippen LogP contribution in [0, 0.1) is 0 Å². The van der Waals surface area contributed by atoms with E-state index in [-0.39, 0.29) is 5.15 Å². The van der Waals surface area contributed by atoms with Crippen LogP contribution in [0.25, 0.3) is 0 Å². The van der Waals surface area contributed by atoms with Crippen LogP contribution in [-0.2, 0) is 14.0 Å². The second-order valence-corrected chi connectivity index (χ2v) is 6.04. The molecule has 0 N–H and O–H groups in total. The zero-order valence-electron chi connectivity index (χ0n) is 12.2. The quantitative estimate of drug-likeness (QED) is 0.473. The monoisotopic (exact) mass is 297 g/mol. The predicted octanol–water partition coefficient (Wildman–Crippen LogP) is 1.82. The molecule has 0 aromatic carbocycles. The first-order chi connectivity index (χ1) is 9.18. The summed E-state index contributed by atoms with van der Waals surface area (Å²) in [6.45, 7) is 7.77. The number of nitrogens with zero attached hydrogens (tertiary/aromatic N) is 1. The van der Waals surface area contributed by atoms with Crippen LogP contribution in [0.4, 0.5) is 0 Å². The van der Waals surface area contributed by atoms with E-state index in [1.54, 1.807) is 6.07 Å². The van der Waals surface area contributed by atoms with Crippen LogP contribution in [0.1, 0.15) is 38.1 Å². The first-order valence-electron chi connectivity index (χ1n) is 6.27. The van der Waals surface area contributed by atoms with Crippen LogP contribution in [0.15, 0.2) is 12.3 Å². The van der Waals surface area contributed by atoms with Crippen LogP contribution in [0.2, 0.25) is 5.15 Å². The van der Waals surface area contributed by atoms with Gasteiger partial charge in [-0.15, -0.1) is 0 Å². The summed E-state index contributed by atoms with van der Waals surface area (Å²) in [5, 5.41) is 0.246. The number of pyridine rings is 1. The molecule has 1 aromatic rings. The molecule has 0 unspecified atom stereocenters. The van der Waals surface area contributed by atoms with Crippen LogP contribution in [0.3, 0.4) is 0 Å². The molecule has 0 atom stereocenters. The number of esters is 1. The highest BCUT2D eigenvalue weighted by Crippen LogP contribution is 2.36. The molecule has 2 rings (SSSR count). The number of aromatic nitrogens is 1. The van der Waals surface area contributed by atoms with E-state index in [0.717, 1.165) is 0 Å². The summed E-state index contributed by atoms with van der Waals surface area (Å²) >= 11 is 6.09. The molecular weight excluding hydrogens is 280 g/mol. The Labute approximate surface area is 123 Å². The Hall–Kier alpha value is -1.11. The first-order valence-corrected chi connectivity index (χ1v) is 6.65. The molecule has 0 aliphatic carbocycles. The van der Waals surface area contributed by atoms with Crippen molar-refractivity contribution in [2.75, 3.05) is 7.11 Å². The smallest absolute Gasteiger partial charge is 0.465 e. The molecule has 0 spiro atoms. The van der Waals surface area contributed by atoms with Crippen molar-refractivity contribution in [1.29, 1.82) is 0 Å². The third-order valence-corrected chi connectivity index (χ3v) is 4.11. The number of hydrogen-bond acceptors (Lipinski definition) is 5. The number of rotatable bonds is 2. The second kappa shape index (κ2) is 5.02. The molecule has 1 aliphatic heterocycles. The second-order valence-electron chi connectivity index (χ2n) is 5.68. The van der Waals surface area contributed by atoms with Gasteiger partial charge in [0.2, 0.25) is 0 Å². The van der Waals surface area contributed by atoms with Crippen molar-refractivity contribution in [1.82, 2.24) is 4.98 Å². The first kappa shape index (κ1) is 15.3. The van der Waals surface area contributed by atoms with Gasteiger partial charge < -0.3 is 14.0 Å². The molecule has 20 heavy (non-hydrogen) atoms. The van der Waals surface area contributed by atoms with E-state index in [0.29, 0.717) is 11.0 Å². The minimum atomic E-state index is -0.662. The molecule has 5 nitrogen and oxygen atoms in total. The fourth-order valence-electron chi connectivity index (χ4n) is 1.83. The SMILES string of the molecule is COC(=O)c1cnc(Cl)c(B2OC(C)(C)C(C)(C)O2)c1. The minimum Gasteiger partial charge on any atom is -0.465 e. The molecule has 0 radical (unpaired) electrons. The molecule has 0 amide bonds. The van der Waals surface area contributed by atoms with E-state index >= 15 is 0 Å². The maximum absolute atomic E-state index is 11.6. The molecule has 1 fully saturated rings. The average Bonchev–Trinajstić information content (AvgIpc) is 2.58. The van der Waals surface area contributed by atoms with E-state index in [2.05, 4.69) is 9.72 Å². The molecule has 7 heteroatoms. The van der Waals surface area contributed by atoms with Crippen molar-refractivity contribution in [2.24, 2.45) is 0 Å². The van der Waals surface area contributed by atoms with Gasteiger partial charge in [0.1, 0.15) is 5.15 Å². The molecular formula is C13H17BClNO4. The van der Waals surface area contributed by atoms with Gasteiger partial charge in [-0.3, -0.25) is 0 Å². The van der Waals surface area contributed by atoms with Gasteiger partial charge in [-0.25, -0.2) is 9.78 Å². The molecule has 108 valence electrons. The number of carbonyl (C=O) groups is 1. The molecule has 0 saturated carbocycles. The number of methoxy groups -OCH3 is 1.